The summed E-state index contributed by atoms with van der Waals surface area (Å²) < 4.78 is 66.0. The number of methoxy groups -OCH3 is 1. The third kappa shape index (κ3) is 5.55. The largest absolute Gasteiger partial charge is 0.493 e. The van der Waals surface area contributed by atoms with E-state index in [2.05, 4.69) is 15.3 Å². The number of hydrogen-bond acceptors (Lipinski definition) is 6. The van der Waals surface area contributed by atoms with Gasteiger partial charge in [-0.2, -0.15) is 13.2 Å². The highest BCUT2D eigenvalue weighted by atomic mass is 19.4. The molecule has 2 aromatic carbocycles. The predicted octanol–water partition coefficient (Wildman–Crippen LogP) is 5.67. The summed E-state index contributed by atoms with van der Waals surface area (Å²) in [6, 6.07) is 5.65. The molecule has 7 nitrogen and oxygen atoms in total. The van der Waals surface area contributed by atoms with Crippen molar-refractivity contribution in [3.8, 4) is 11.5 Å². The lowest BCUT2D eigenvalue weighted by atomic mass is 10.0. The zero-order valence-electron chi connectivity index (χ0n) is 20.9. The highest BCUT2D eigenvalue weighted by molar-refractivity contribution is 5.92. The maximum Gasteiger partial charge on any atom is 0.419 e. The monoisotopic (exact) mass is 520 g/mol. The maximum atomic E-state index is 14.8. The Bertz CT molecular complexity index is 1320. The van der Waals surface area contributed by atoms with Crippen LogP contribution in [0.15, 0.2) is 30.3 Å². The van der Waals surface area contributed by atoms with Crippen LogP contribution in [0.25, 0.3) is 10.9 Å². The van der Waals surface area contributed by atoms with Gasteiger partial charge in [-0.1, -0.05) is 12.1 Å². The molecule has 1 aliphatic heterocycles. The van der Waals surface area contributed by atoms with Crippen LogP contribution in [0.4, 0.5) is 23.4 Å². The summed E-state index contributed by atoms with van der Waals surface area (Å²) in [7, 11) is 1.50. The Balaban J connectivity index is 1.67. The first-order chi connectivity index (χ1) is 17.5. The van der Waals surface area contributed by atoms with Gasteiger partial charge in [0.15, 0.2) is 11.5 Å². The van der Waals surface area contributed by atoms with Crippen LogP contribution in [-0.4, -0.2) is 47.1 Å². The molecular weight excluding hydrogens is 492 g/mol. The topological polar surface area (TPSA) is 76.6 Å². The minimum Gasteiger partial charge on any atom is -0.493 e. The Kier molecular flexibility index (Phi) is 7.42. The van der Waals surface area contributed by atoms with Gasteiger partial charge in [0.2, 0.25) is 5.91 Å². The molecule has 4 rings (SSSR count). The van der Waals surface area contributed by atoms with Crippen LogP contribution in [0, 0.1) is 12.7 Å². The van der Waals surface area contributed by atoms with Crippen molar-refractivity contribution in [1.29, 1.82) is 0 Å². The maximum absolute atomic E-state index is 14.8. The van der Waals surface area contributed by atoms with Gasteiger partial charge in [-0.3, -0.25) is 4.79 Å². The molecule has 11 heteroatoms. The highest BCUT2D eigenvalue weighted by Crippen LogP contribution is 2.37. The molecule has 1 N–H and O–H groups in total. The SMILES string of the molecule is COc1cc2nc(C)nc(N[C@H](C)c3cccc(C(F)(F)F)c3F)c2cc1OC[C@@H]1CCCN1C(C)=O. The molecule has 0 bridgehead atoms. The summed E-state index contributed by atoms with van der Waals surface area (Å²) in [5.41, 5.74) is -0.953. The van der Waals surface area contributed by atoms with Crippen LogP contribution in [0.1, 0.15) is 49.7 Å². The molecule has 3 aromatic rings. The number of amides is 1. The number of anilines is 1. The lowest BCUT2D eigenvalue weighted by Crippen LogP contribution is -2.37. The fraction of sp³-hybridized carbons (Fsp3) is 0.423. The molecule has 0 unspecified atom stereocenters. The van der Waals surface area contributed by atoms with Crippen molar-refractivity contribution in [1.82, 2.24) is 14.9 Å². The molecule has 1 fully saturated rings. The Hall–Kier alpha value is -3.63. The van der Waals surface area contributed by atoms with Gasteiger partial charge in [0.05, 0.1) is 30.3 Å². The van der Waals surface area contributed by atoms with Crippen molar-refractivity contribution in [3.63, 3.8) is 0 Å². The minimum absolute atomic E-state index is 0.0113. The average Bonchev–Trinajstić information content (AvgIpc) is 3.30. The summed E-state index contributed by atoms with van der Waals surface area (Å²) in [5.74, 6) is 0.209. The lowest BCUT2D eigenvalue weighted by Gasteiger charge is -2.24. The lowest BCUT2D eigenvalue weighted by molar-refractivity contribution is -0.140. The second-order valence-electron chi connectivity index (χ2n) is 9.03. The number of carbonyl (C=O) groups excluding carboxylic acids is 1. The fourth-order valence-corrected chi connectivity index (χ4v) is 4.63. The van der Waals surface area contributed by atoms with Crippen molar-refractivity contribution in [3.05, 3.63) is 53.1 Å². The van der Waals surface area contributed by atoms with E-state index in [-0.39, 0.29) is 24.1 Å². The number of aryl methyl sites for hydroxylation is 1. The quantitative estimate of drug-likeness (QED) is 0.405. The molecule has 198 valence electrons. The Morgan fingerprint density at radius 1 is 1.24 bits per heavy atom. The standard InChI is InChI=1S/C26H28F4N4O3/c1-14(18-8-5-9-20(24(18)27)26(28,29)30)31-25-19-11-23(22(36-4)12-21(19)32-15(2)33-25)37-13-17-7-6-10-34(17)16(3)35/h5,8-9,11-12,14,17H,6-7,10,13H2,1-4H3,(H,31,32,33)/t14-,17+/m1/s1. The van der Waals surface area contributed by atoms with Gasteiger partial charge < -0.3 is 19.7 Å². The van der Waals surface area contributed by atoms with Crippen LogP contribution in [-0.2, 0) is 11.0 Å². The van der Waals surface area contributed by atoms with E-state index < -0.39 is 23.6 Å². The Morgan fingerprint density at radius 2 is 2.00 bits per heavy atom. The van der Waals surface area contributed by atoms with E-state index >= 15 is 0 Å². The molecule has 0 aliphatic carbocycles. The zero-order valence-corrected chi connectivity index (χ0v) is 20.9. The van der Waals surface area contributed by atoms with Gasteiger partial charge in [-0.05, 0) is 38.8 Å². The van der Waals surface area contributed by atoms with E-state index in [1.807, 2.05) is 0 Å². The summed E-state index contributed by atoms with van der Waals surface area (Å²) in [6.45, 7) is 5.71. The molecule has 2 atom stereocenters. The average molecular weight is 521 g/mol. The molecule has 0 radical (unpaired) electrons. The van der Waals surface area contributed by atoms with E-state index in [0.29, 0.717) is 46.7 Å². The highest BCUT2D eigenvalue weighted by Gasteiger charge is 2.35. The van der Waals surface area contributed by atoms with E-state index in [9.17, 15) is 22.4 Å². The van der Waals surface area contributed by atoms with Crippen LogP contribution >= 0.6 is 0 Å². The first-order valence-corrected chi connectivity index (χ1v) is 11.9. The predicted molar refractivity (Wildman–Crippen MR) is 130 cm³/mol. The normalized spacial score (nSPS) is 16.6. The molecule has 2 heterocycles. The van der Waals surface area contributed by atoms with Gasteiger partial charge in [-0.15, -0.1) is 0 Å². The minimum atomic E-state index is -4.81. The van der Waals surface area contributed by atoms with Gasteiger partial charge in [0, 0.05) is 30.5 Å². The van der Waals surface area contributed by atoms with E-state index in [4.69, 9.17) is 9.47 Å². The number of likely N-dealkylation sites (tertiary alicyclic amines) is 1. The number of benzene rings is 2. The summed E-state index contributed by atoms with van der Waals surface area (Å²) in [6.07, 6.45) is -3.09. The summed E-state index contributed by atoms with van der Waals surface area (Å²) in [5, 5.41) is 3.56. The number of nitrogens with one attached hydrogen (secondary N) is 1. The van der Waals surface area contributed by atoms with Crippen LogP contribution in [0.2, 0.25) is 0 Å². The van der Waals surface area contributed by atoms with Crippen LogP contribution in [0.5, 0.6) is 11.5 Å². The number of fused-ring (bicyclic) bond motifs is 1. The molecule has 0 saturated carbocycles. The number of halogens is 4. The third-order valence-electron chi connectivity index (χ3n) is 6.46. The number of aromatic nitrogens is 2. The third-order valence-corrected chi connectivity index (χ3v) is 6.46. The first-order valence-electron chi connectivity index (χ1n) is 11.9. The number of ether oxygens (including phenoxy) is 2. The summed E-state index contributed by atoms with van der Waals surface area (Å²) >= 11 is 0. The fourth-order valence-electron chi connectivity index (χ4n) is 4.63. The molecule has 1 aromatic heterocycles. The van der Waals surface area contributed by atoms with E-state index in [1.54, 1.807) is 30.9 Å². The molecular formula is C26H28F4N4O3. The number of rotatable bonds is 7. The number of hydrogen-bond donors (Lipinski definition) is 1. The van der Waals surface area contributed by atoms with Gasteiger partial charge >= 0.3 is 6.18 Å². The number of alkyl halides is 3. The Morgan fingerprint density at radius 3 is 2.68 bits per heavy atom. The second kappa shape index (κ2) is 10.4. The van der Waals surface area contributed by atoms with Gasteiger partial charge in [0.1, 0.15) is 24.1 Å². The van der Waals surface area contributed by atoms with Crippen LogP contribution in [0.3, 0.4) is 0 Å². The van der Waals surface area contributed by atoms with Crippen molar-refractivity contribution in [2.75, 3.05) is 25.6 Å². The first kappa shape index (κ1) is 26.4. The number of carbonyl (C=O) groups is 1. The van der Waals surface area contributed by atoms with Crippen molar-refractivity contribution < 1.29 is 31.8 Å². The molecule has 1 aliphatic rings. The molecule has 0 spiro atoms. The van der Waals surface area contributed by atoms with Crippen LogP contribution < -0.4 is 14.8 Å². The van der Waals surface area contributed by atoms with E-state index in [0.717, 1.165) is 12.8 Å². The second-order valence-corrected chi connectivity index (χ2v) is 9.03. The summed E-state index contributed by atoms with van der Waals surface area (Å²) in [4.78, 5) is 22.5. The molecule has 1 amide bonds. The zero-order chi connectivity index (χ0) is 26.9. The smallest absolute Gasteiger partial charge is 0.419 e. The Labute approximate surface area is 211 Å². The molecule has 1 saturated heterocycles. The van der Waals surface area contributed by atoms with Gasteiger partial charge in [0.25, 0.3) is 0 Å². The molecule has 37 heavy (non-hydrogen) atoms. The van der Waals surface area contributed by atoms with Crippen molar-refractivity contribution >= 4 is 22.6 Å². The van der Waals surface area contributed by atoms with Crippen molar-refractivity contribution in [2.24, 2.45) is 0 Å². The van der Waals surface area contributed by atoms with E-state index in [1.165, 1.54) is 26.2 Å². The van der Waals surface area contributed by atoms with Gasteiger partial charge in [-0.25, -0.2) is 14.4 Å². The number of nitrogens with zero attached hydrogens (tertiary/aromatic N) is 3. The van der Waals surface area contributed by atoms with Crippen molar-refractivity contribution in [2.45, 2.75) is 51.9 Å².